The van der Waals surface area contributed by atoms with Crippen LogP contribution in [0, 0.1) is 17.4 Å². The fraction of sp³-hybridized carbons (Fsp3) is 0.167. The maximum absolute atomic E-state index is 12.2. The number of halogens is 1. The topological polar surface area (TPSA) is 29.4 Å². The number of benzene rings is 3. The lowest BCUT2D eigenvalue weighted by Crippen LogP contribution is -2.10. The number of ketones is 1. The summed E-state index contributed by atoms with van der Waals surface area (Å²) >= 11 is 2.36. The van der Waals surface area contributed by atoms with Crippen molar-refractivity contribution in [1.29, 1.82) is 0 Å². The van der Waals surface area contributed by atoms with Crippen molar-refractivity contribution >= 4 is 40.3 Å². The lowest BCUT2D eigenvalue weighted by molar-refractivity contribution is -0.117. The molecule has 0 radical (unpaired) electrons. The molecule has 2 nitrogen and oxygen atoms in total. The quantitative estimate of drug-likeness (QED) is 0.316. The minimum absolute atomic E-state index is 0.141. The third-order valence-electron chi connectivity index (χ3n) is 4.65. The summed E-state index contributed by atoms with van der Waals surface area (Å²) in [4.78, 5) is 16.8. The third-order valence-corrected chi connectivity index (χ3v) is 5.77. The van der Waals surface area contributed by atoms with Gasteiger partial charge in [-0.2, -0.15) is 0 Å². The molecule has 0 aliphatic carbocycles. The first-order valence-electron chi connectivity index (χ1n) is 8.92. The van der Waals surface area contributed by atoms with E-state index in [1.807, 2.05) is 60.8 Å². The summed E-state index contributed by atoms with van der Waals surface area (Å²) in [6, 6.07) is 22.2. The van der Waals surface area contributed by atoms with Crippen molar-refractivity contribution in [3.8, 4) is 0 Å². The van der Waals surface area contributed by atoms with Crippen LogP contribution in [-0.2, 0) is 4.79 Å². The SMILES string of the molecule is CC(=O)C(c1ccccc1)c1ccc(N=Cc2cc(C)cc(I)c2C)cc1. The molecule has 0 aliphatic rings. The first-order chi connectivity index (χ1) is 13.0. The van der Waals surface area contributed by atoms with Gasteiger partial charge in [-0.3, -0.25) is 9.79 Å². The Labute approximate surface area is 174 Å². The molecule has 3 rings (SSSR count). The number of rotatable bonds is 5. The van der Waals surface area contributed by atoms with Crippen molar-refractivity contribution < 1.29 is 4.79 Å². The van der Waals surface area contributed by atoms with Gasteiger partial charge < -0.3 is 0 Å². The van der Waals surface area contributed by atoms with Gasteiger partial charge in [-0.1, -0.05) is 48.5 Å². The Morgan fingerprint density at radius 3 is 2.22 bits per heavy atom. The molecule has 0 spiro atoms. The first kappa shape index (κ1) is 19.5. The molecule has 1 unspecified atom stereocenters. The number of hydrogen-bond acceptors (Lipinski definition) is 2. The van der Waals surface area contributed by atoms with Crippen LogP contribution in [0.1, 0.15) is 40.7 Å². The fourth-order valence-corrected chi connectivity index (χ4v) is 3.98. The van der Waals surface area contributed by atoms with Gasteiger partial charge in [0.15, 0.2) is 0 Å². The molecule has 0 saturated carbocycles. The highest BCUT2D eigenvalue weighted by Gasteiger charge is 2.18. The standard InChI is InChI=1S/C24H22INO/c1-16-13-21(17(2)23(25)14-16)15-26-22-11-9-20(10-12-22)24(18(3)27)19-7-5-4-6-8-19/h4-15,24H,1-3H3. The molecule has 3 aromatic rings. The van der Waals surface area contributed by atoms with E-state index in [1.54, 1.807) is 6.92 Å². The van der Waals surface area contributed by atoms with E-state index >= 15 is 0 Å². The maximum Gasteiger partial charge on any atom is 0.141 e. The average Bonchev–Trinajstić information content (AvgIpc) is 2.65. The molecular weight excluding hydrogens is 445 g/mol. The molecule has 3 heteroatoms. The Hall–Kier alpha value is -2.27. The van der Waals surface area contributed by atoms with Gasteiger partial charge in [-0.25, -0.2) is 0 Å². The van der Waals surface area contributed by atoms with Crippen LogP contribution < -0.4 is 0 Å². The van der Waals surface area contributed by atoms with E-state index in [9.17, 15) is 4.79 Å². The number of carbonyl (C=O) groups excluding carboxylic acids is 1. The second-order valence-electron chi connectivity index (χ2n) is 6.77. The summed E-state index contributed by atoms with van der Waals surface area (Å²) in [5.74, 6) is -0.0905. The van der Waals surface area contributed by atoms with Gasteiger partial charge in [0, 0.05) is 9.78 Å². The Balaban J connectivity index is 1.86. The minimum Gasteiger partial charge on any atom is -0.299 e. The van der Waals surface area contributed by atoms with Crippen LogP contribution >= 0.6 is 22.6 Å². The summed E-state index contributed by atoms with van der Waals surface area (Å²) in [6.07, 6.45) is 1.92. The van der Waals surface area contributed by atoms with Crippen LogP contribution in [0.2, 0.25) is 0 Å². The van der Waals surface area contributed by atoms with Gasteiger partial charge in [0.2, 0.25) is 0 Å². The highest BCUT2D eigenvalue weighted by atomic mass is 127. The molecule has 0 amide bonds. The zero-order chi connectivity index (χ0) is 19.4. The smallest absolute Gasteiger partial charge is 0.141 e. The number of aryl methyl sites for hydroxylation is 1. The number of carbonyl (C=O) groups is 1. The van der Waals surface area contributed by atoms with Crippen molar-refractivity contribution in [1.82, 2.24) is 0 Å². The van der Waals surface area contributed by atoms with Crippen molar-refractivity contribution in [2.75, 3.05) is 0 Å². The lowest BCUT2D eigenvalue weighted by Gasteiger charge is -2.15. The molecule has 0 N–H and O–H groups in total. The van der Waals surface area contributed by atoms with Crippen molar-refractivity contribution in [3.05, 3.63) is 98.1 Å². The molecule has 1 atom stereocenters. The summed E-state index contributed by atoms with van der Waals surface area (Å²) in [5.41, 5.74) is 6.50. The highest BCUT2D eigenvalue weighted by Crippen LogP contribution is 2.27. The number of hydrogen-bond donors (Lipinski definition) is 0. The molecule has 3 aromatic carbocycles. The van der Waals surface area contributed by atoms with E-state index in [0.29, 0.717) is 0 Å². The summed E-state index contributed by atoms with van der Waals surface area (Å²) in [6.45, 7) is 5.86. The zero-order valence-corrected chi connectivity index (χ0v) is 17.9. The van der Waals surface area contributed by atoms with E-state index in [-0.39, 0.29) is 11.7 Å². The average molecular weight is 467 g/mol. The lowest BCUT2D eigenvalue weighted by atomic mass is 9.88. The molecule has 27 heavy (non-hydrogen) atoms. The summed E-state index contributed by atoms with van der Waals surface area (Å²) in [5, 5.41) is 0. The molecular formula is C24H22INO. The number of Topliss-reactive ketones (excluding diaryl/α,β-unsaturated/α-hetero) is 1. The van der Waals surface area contributed by atoms with Gasteiger partial charge in [0.25, 0.3) is 0 Å². The molecule has 0 aliphatic heterocycles. The van der Waals surface area contributed by atoms with Crippen LogP contribution in [0.5, 0.6) is 0 Å². The first-order valence-corrected chi connectivity index (χ1v) is 10.00. The number of aliphatic imine (C=N–C) groups is 1. The van der Waals surface area contributed by atoms with Crippen LogP contribution in [0.25, 0.3) is 0 Å². The maximum atomic E-state index is 12.2. The van der Waals surface area contributed by atoms with Gasteiger partial charge >= 0.3 is 0 Å². The monoisotopic (exact) mass is 467 g/mol. The van der Waals surface area contributed by atoms with E-state index in [4.69, 9.17) is 0 Å². The predicted octanol–water partition coefficient (Wildman–Crippen LogP) is 6.38. The van der Waals surface area contributed by atoms with Crippen molar-refractivity contribution in [2.45, 2.75) is 26.7 Å². The van der Waals surface area contributed by atoms with Crippen LogP contribution in [0.3, 0.4) is 0 Å². The van der Waals surface area contributed by atoms with Gasteiger partial charge in [0.05, 0.1) is 11.6 Å². The summed E-state index contributed by atoms with van der Waals surface area (Å²) in [7, 11) is 0. The van der Waals surface area contributed by atoms with E-state index in [0.717, 1.165) is 22.4 Å². The van der Waals surface area contributed by atoms with E-state index in [1.165, 1.54) is 14.7 Å². The zero-order valence-electron chi connectivity index (χ0n) is 15.7. The van der Waals surface area contributed by atoms with Crippen LogP contribution in [0.4, 0.5) is 5.69 Å². The van der Waals surface area contributed by atoms with E-state index < -0.39 is 0 Å². The molecule has 0 bridgehead atoms. The Bertz CT molecular complexity index is 975. The van der Waals surface area contributed by atoms with Crippen LogP contribution in [0.15, 0.2) is 71.7 Å². The second-order valence-corrected chi connectivity index (χ2v) is 7.93. The van der Waals surface area contributed by atoms with Crippen molar-refractivity contribution in [3.63, 3.8) is 0 Å². The van der Waals surface area contributed by atoms with Gasteiger partial charge in [-0.15, -0.1) is 0 Å². The Morgan fingerprint density at radius 2 is 1.59 bits per heavy atom. The normalized spacial score (nSPS) is 12.3. The van der Waals surface area contributed by atoms with Crippen LogP contribution in [-0.4, -0.2) is 12.0 Å². The van der Waals surface area contributed by atoms with Crippen molar-refractivity contribution in [2.24, 2.45) is 4.99 Å². The molecule has 0 heterocycles. The highest BCUT2D eigenvalue weighted by molar-refractivity contribution is 14.1. The van der Waals surface area contributed by atoms with E-state index in [2.05, 4.69) is 53.6 Å². The number of nitrogens with zero attached hydrogens (tertiary/aromatic N) is 1. The largest absolute Gasteiger partial charge is 0.299 e. The van der Waals surface area contributed by atoms with Gasteiger partial charge in [-0.05, 0) is 89.4 Å². The molecule has 0 fully saturated rings. The molecule has 136 valence electrons. The minimum atomic E-state index is -0.232. The Morgan fingerprint density at radius 1 is 0.963 bits per heavy atom. The van der Waals surface area contributed by atoms with Gasteiger partial charge in [0.1, 0.15) is 5.78 Å². The summed E-state index contributed by atoms with van der Waals surface area (Å²) < 4.78 is 1.25. The third kappa shape index (κ3) is 4.72. The second kappa shape index (κ2) is 8.61. The molecule has 0 aromatic heterocycles. The fourth-order valence-electron chi connectivity index (χ4n) is 3.18. The Kier molecular flexibility index (Phi) is 6.22. The molecule has 0 saturated heterocycles. The predicted molar refractivity (Wildman–Crippen MR) is 121 cm³/mol.